The third-order valence-corrected chi connectivity index (χ3v) is 6.01. The molecule has 3 amide bonds. The second-order valence-corrected chi connectivity index (χ2v) is 9.14. The summed E-state index contributed by atoms with van der Waals surface area (Å²) in [6.45, 7) is 1.55. The monoisotopic (exact) mass is 525 g/mol. The average Bonchev–Trinajstić information content (AvgIpc) is 3.36. The molecule has 1 aliphatic carbocycles. The second kappa shape index (κ2) is 9.36. The quantitative estimate of drug-likeness (QED) is 0.342. The van der Waals surface area contributed by atoms with Crippen LogP contribution in [0, 0.1) is 24.5 Å². The molecule has 1 saturated carbocycles. The molecule has 176 valence electrons. The molecule has 0 radical (unpaired) electrons. The van der Waals surface area contributed by atoms with Gasteiger partial charge in [-0.1, -0.05) is 11.6 Å². The maximum absolute atomic E-state index is 14.2. The fourth-order valence-electron chi connectivity index (χ4n) is 2.85. The van der Waals surface area contributed by atoms with Gasteiger partial charge in [0.1, 0.15) is 16.0 Å². The van der Waals surface area contributed by atoms with E-state index >= 15 is 0 Å². The average molecular weight is 527 g/mol. The molecule has 2 aromatic carbocycles. The molecule has 33 heavy (non-hydrogen) atoms. The first-order valence-corrected chi connectivity index (χ1v) is 10.3. The second-order valence-electron chi connectivity index (χ2n) is 7.22. The fraction of sp³-hybridized carbons (Fsp3) is 0.250. The first-order chi connectivity index (χ1) is 15.3. The zero-order chi connectivity index (χ0) is 24.7. The summed E-state index contributed by atoms with van der Waals surface area (Å²) in [5, 5.41) is 6.26. The minimum atomic E-state index is -3.44. The van der Waals surface area contributed by atoms with Crippen LogP contribution < -0.4 is 16.0 Å². The Bertz CT molecular complexity index is 1160. The van der Waals surface area contributed by atoms with E-state index in [2.05, 4.69) is 10.6 Å². The lowest BCUT2D eigenvalue weighted by Gasteiger charge is -2.14. The molecule has 0 bridgehead atoms. The van der Waals surface area contributed by atoms with Crippen molar-refractivity contribution < 1.29 is 31.9 Å². The van der Waals surface area contributed by atoms with Crippen molar-refractivity contribution in [3.05, 3.63) is 52.0 Å². The molecule has 0 aromatic heterocycles. The van der Waals surface area contributed by atoms with Crippen LogP contribution in [0.5, 0.6) is 0 Å². The van der Waals surface area contributed by atoms with Crippen LogP contribution in [0.4, 0.5) is 34.6 Å². The minimum absolute atomic E-state index is 0.0188. The third kappa shape index (κ3) is 5.69. The molecule has 1 aliphatic rings. The van der Waals surface area contributed by atoms with Crippen molar-refractivity contribution in [3.8, 4) is 0 Å². The number of carbonyl (C=O) groups excluding carboxylic acids is 3. The maximum atomic E-state index is 14.2. The van der Waals surface area contributed by atoms with Crippen molar-refractivity contribution in [1.29, 1.82) is 0 Å². The molecule has 0 saturated heterocycles. The van der Waals surface area contributed by atoms with E-state index in [4.69, 9.17) is 34.8 Å². The molecule has 0 unspecified atom stereocenters. The number of carbonyl (C=O) groups is 3. The van der Waals surface area contributed by atoms with E-state index in [-0.39, 0.29) is 22.7 Å². The predicted octanol–water partition coefficient (Wildman–Crippen LogP) is 5.51. The first-order valence-electron chi connectivity index (χ1n) is 9.18. The van der Waals surface area contributed by atoms with E-state index in [1.807, 2.05) is 0 Å². The highest BCUT2D eigenvalue weighted by Crippen LogP contribution is 2.53. The normalized spacial score (nSPS) is 16.3. The van der Waals surface area contributed by atoms with Gasteiger partial charge in [-0.3, -0.25) is 14.4 Å². The Hall–Kier alpha value is -2.56. The number of nitrogens with one attached hydrogen (secondary N) is 3. The van der Waals surface area contributed by atoms with Gasteiger partial charge in [-0.2, -0.15) is 8.78 Å². The van der Waals surface area contributed by atoms with Crippen LogP contribution >= 0.6 is 34.8 Å². The molecule has 13 heteroatoms. The number of hydrogen-bond acceptors (Lipinski definition) is 3. The number of anilines is 3. The van der Waals surface area contributed by atoms with Gasteiger partial charge in [0.2, 0.25) is 5.91 Å². The summed E-state index contributed by atoms with van der Waals surface area (Å²) in [5.41, 5.74) is -0.973. The molecule has 0 aliphatic heterocycles. The van der Waals surface area contributed by atoms with Gasteiger partial charge in [-0.25, -0.2) is 8.78 Å². The number of aryl methyl sites for hydroxylation is 1. The Morgan fingerprint density at radius 1 is 1.00 bits per heavy atom. The Labute approximate surface area is 199 Å². The number of rotatable bonds is 6. The lowest BCUT2D eigenvalue weighted by atomic mass is 10.1. The van der Waals surface area contributed by atoms with Crippen LogP contribution in [0.1, 0.15) is 22.3 Å². The standard InChI is InChI=1S/C20H14Cl3F4N3O3/c1-7-2-8(28-18(32)10-6-20(10,22)23)3-9(15(7)21)17(31)29-13-5-14(12(25)4-11(13)24)30-19(33)16(26)27/h2-5,10,16H,6H2,1H3,(H,28,32)(H,29,31)(H,30,33)/t10-/m1/s1. The highest BCUT2D eigenvalue weighted by atomic mass is 35.5. The molecule has 2 aromatic rings. The number of halogens is 7. The molecule has 1 atom stereocenters. The van der Waals surface area contributed by atoms with Crippen molar-refractivity contribution >= 4 is 69.6 Å². The summed E-state index contributed by atoms with van der Waals surface area (Å²) in [7, 11) is 0. The highest BCUT2D eigenvalue weighted by molar-refractivity contribution is 6.52. The van der Waals surface area contributed by atoms with Crippen LogP contribution in [-0.2, 0) is 9.59 Å². The van der Waals surface area contributed by atoms with Crippen LogP contribution in [-0.4, -0.2) is 28.5 Å². The zero-order valence-corrected chi connectivity index (χ0v) is 18.8. The van der Waals surface area contributed by atoms with E-state index in [0.29, 0.717) is 17.7 Å². The van der Waals surface area contributed by atoms with Crippen LogP contribution in [0.2, 0.25) is 5.02 Å². The van der Waals surface area contributed by atoms with Gasteiger partial charge in [0.05, 0.1) is 27.9 Å². The van der Waals surface area contributed by atoms with E-state index in [9.17, 15) is 31.9 Å². The molecule has 3 rings (SSSR count). The summed E-state index contributed by atoms with van der Waals surface area (Å²) in [4.78, 5) is 36.1. The lowest BCUT2D eigenvalue weighted by Crippen LogP contribution is -2.21. The molecular formula is C20H14Cl3F4N3O3. The summed E-state index contributed by atoms with van der Waals surface area (Å²) in [6, 6.07) is 3.65. The number of benzene rings is 2. The van der Waals surface area contributed by atoms with E-state index in [0.717, 1.165) is 0 Å². The van der Waals surface area contributed by atoms with Crippen molar-refractivity contribution in [3.63, 3.8) is 0 Å². The lowest BCUT2D eigenvalue weighted by molar-refractivity contribution is -0.126. The highest BCUT2D eigenvalue weighted by Gasteiger charge is 2.56. The van der Waals surface area contributed by atoms with E-state index < -0.39 is 57.4 Å². The molecular weight excluding hydrogens is 513 g/mol. The topological polar surface area (TPSA) is 87.3 Å². The third-order valence-electron chi connectivity index (χ3n) is 4.67. The smallest absolute Gasteiger partial charge is 0.315 e. The summed E-state index contributed by atoms with van der Waals surface area (Å²) in [6.07, 6.45) is -3.18. The first kappa shape index (κ1) is 25.1. The van der Waals surface area contributed by atoms with Gasteiger partial charge in [-0.05, 0) is 37.1 Å². The number of alkyl halides is 4. The van der Waals surface area contributed by atoms with Crippen molar-refractivity contribution in [2.75, 3.05) is 16.0 Å². The van der Waals surface area contributed by atoms with Gasteiger partial charge in [0.15, 0.2) is 0 Å². The number of amides is 3. The SMILES string of the molecule is Cc1cc(NC(=O)[C@H]2CC2(Cl)Cl)cc(C(=O)Nc2cc(NC(=O)C(F)F)c(F)cc2F)c1Cl. The van der Waals surface area contributed by atoms with Crippen LogP contribution in [0.3, 0.4) is 0 Å². The molecule has 6 nitrogen and oxygen atoms in total. The maximum Gasteiger partial charge on any atom is 0.315 e. The summed E-state index contributed by atoms with van der Waals surface area (Å²) in [5.74, 6) is -6.43. The molecule has 1 fully saturated rings. The summed E-state index contributed by atoms with van der Waals surface area (Å²) < 4.78 is 51.7. The van der Waals surface area contributed by atoms with Crippen LogP contribution in [0.15, 0.2) is 24.3 Å². The Balaban J connectivity index is 1.84. The van der Waals surface area contributed by atoms with Crippen molar-refractivity contribution in [2.24, 2.45) is 5.92 Å². The van der Waals surface area contributed by atoms with E-state index in [1.54, 1.807) is 12.2 Å². The van der Waals surface area contributed by atoms with E-state index in [1.165, 1.54) is 12.1 Å². The number of hydrogen-bond donors (Lipinski definition) is 3. The largest absolute Gasteiger partial charge is 0.326 e. The summed E-state index contributed by atoms with van der Waals surface area (Å²) >= 11 is 17.9. The van der Waals surface area contributed by atoms with Crippen molar-refractivity contribution in [1.82, 2.24) is 0 Å². The minimum Gasteiger partial charge on any atom is -0.326 e. The Kier molecular flexibility index (Phi) is 7.11. The predicted molar refractivity (Wildman–Crippen MR) is 116 cm³/mol. The Morgan fingerprint density at radius 2 is 1.58 bits per heavy atom. The van der Waals surface area contributed by atoms with Gasteiger partial charge in [0, 0.05) is 11.8 Å². The molecule has 3 N–H and O–H groups in total. The Morgan fingerprint density at radius 3 is 2.12 bits per heavy atom. The molecule has 0 heterocycles. The zero-order valence-electron chi connectivity index (χ0n) is 16.5. The van der Waals surface area contributed by atoms with Crippen molar-refractivity contribution in [2.45, 2.75) is 24.1 Å². The van der Waals surface area contributed by atoms with Gasteiger partial charge < -0.3 is 16.0 Å². The fourth-order valence-corrected chi connectivity index (χ4v) is 3.55. The molecule has 0 spiro atoms. The van der Waals surface area contributed by atoms with Gasteiger partial charge in [0.25, 0.3) is 11.8 Å². The van der Waals surface area contributed by atoms with Crippen LogP contribution in [0.25, 0.3) is 0 Å². The van der Waals surface area contributed by atoms with Gasteiger partial charge >= 0.3 is 6.43 Å². The van der Waals surface area contributed by atoms with Gasteiger partial charge in [-0.15, -0.1) is 23.2 Å².